The molecule has 0 aliphatic heterocycles. The van der Waals surface area contributed by atoms with Crippen LogP contribution in [0.15, 0.2) is 12.1 Å². The van der Waals surface area contributed by atoms with E-state index in [1.807, 2.05) is 20.8 Å². The van der Waals surface area contributed by atoms with Gasteiger partial charge in [0.15, 0.2) is 0 Å². The summed E-state index contributed by atoms with van der Waals surface area (Å²) in [6.45, 7) is 5.86. The van der Waals surface area contributed by atoms with Gasteiger partial charge in [0, 0.05) is 5.54 Å². The maximum atomic E-state index is 10.8. The summed E-state index contributed by atoms with van der Waals surface area (Å²) in [5.41, 5.74) is -0.0604. The van der Waals surface area contributed by atoms with Crippen molar-refractivity contribution in [3.05, 3.63) is 22.8 Å². The molecule has 0 fully saturated rings. The summed E-state index contributed by atoms with van der Waals surface area (Å²) in [4.78, 5) is 14.7. The average molecular weight is 229 g/mol. The normalized spacial score (nSPS) is 11.2. The van der Waals surface area contributed by atoms with Gasteiger partial charge in [-0.05, 0) is 32.9 Å². The fourth-order valence-corrected chi connectivity index (χ4v) is 1.28. The number of rotatable bonds is 2. The molecule has 2 N–H and O–H groups in total. The van der Waals surface area contributed by atoms with Gasteiger partial charge in [-0.3, -0.25) is 0 Å². The maximum Gasteiger partial charge on any atom is 0.335 e. The first-order valence-electron chi connectivity index (χ1n) is 4.47. The van der Waals surface area contributed by atoms with Crippen LogP contribution in [0.4, 0.5) is 5.82 Å². The summed E-state index contributed by atoms with van der Waals surface area (Å²) in [7, 11) is 0. The minimum absolute atomic E-state index is 0.127. The Kier molecular flexibility index (Phi) is 3.19. The zero-order valence-corrected chi connectivity index (χ0v) is 9.59. The van der Waals surface area contributed by atoms with Crippen molar-refractivity contribution >= 4 is 23.4 Å². The molecule has 0 atom stereocenters. The second-order valence-corrected chi connectivity index (χ2v) is 4.63. The van der Waals surface area contributed by atoms with Gasteiger partial charge in [-0.1, -0.05) is 11.6 Å². The van der Waals surface area contributed by atoms with Crippen LogP contribution in [0.5, 0.6) is 0 Å². The Morgan fingerprint density at radius 1 is 1.47 bits per heavy atom. The topological polar surface area (TPSA) is 62.2 Å². The van der Waals surface area contributed by atoms with E-state index in [2.05, 4.69) is 10.3 Å². The van der Waals surface area contributed by atoms with Crippen LogP contribution in [-0.2, 0) is 0 Å². The van der Waals surface area contributed by atoms with Gasteiger partial charge in [-0.15, -0.1) is 0 Å². The maximum absolute atomic E-state index is 10.8. The van der Waals surface area contributed by atoms with Gasteiger partial charge in [-0.25, -0.2) is 9.78 Å². The summed E-state index contributed by atoms with van der Waals surface area (Å²) >= 11 is 5.71. The second-order valence-electron chi connectivity index (χ2n) is 4.24. The molecule has 82 valence electrons. The summed E-state index contributed by atoms with van der Waals surface area (Å²) in [5.74, 6) is -0.552. The number of carboxylic acid groups (broad SMARTS) is 1. The van der Waals surface area contributed by atoms with Gasteiger partial charge in [0.25, 0.3) is 0 Å². The van der Waals surface area contributed by atoms with Crippen molar-refractivity contribution in [2.24, 2.45) is 0 Å². The Morgan fingerprint density at radius 3 is 2.53 bits per heavy atom. The molecule has 0 spiro atoms. The van der Waals surface area contributed by atoms with Crippen molar-refractivity contribution in [3.63, 3.8) is 0 Å². The SMILES string of the molecule is CC(C)(C)Nc1cc(C(=O)O)cc(Cl)n1. The Balaban J connectivity index is 3.04. The molecule has 0 saturated carbocycles. The third kappa shape index (κ3) is 3.75. The minimum atomic E-state index is -1.02. The Bertz CT molecular complexity index is 385. The summed E-state index contributed by atoms with van der Waals surface area (Å²) in [5, 5.41) is 12.0. The van der Waals surface area contributed by atoms with Crippen LogP contribution < -0.4 is 5.32 Å². The average Bonchev–Trinajstić information content (AvgIpc) is 1.99. The summed E-state index contributed by atoms with van der Waals surface area (Å²) in [6, 6.07) is 2.77. The van der Waals surface area contributed by atoms with Crippen molar-refractivity contribution < 1.29 is 9.90 Å². The van der Waals surface area contributed by atoms with E-state index in [4.69, 9.17) is 16.7 Å². The second kappa shape index (κ2) is 4.06. The Morgan fingerprint density at radius 2 is 2.07 bits per heavy atom. The van der Waals surface area contributed by atoms with E-state index in [-0.39, 0.29) is 16.3 Å². The van der Waals surface area contributed by atoms with E-state index >= 15 is 0 Å². The highest BCUT2D eigenvalue weighted by atomic mass is 35.5. The van der Waals surface area contributed by atoms with Gasteiger partial charge >= 0.3 is 5.97 Å². The van der Waals surface area contributed by atoms with Gasteiger partial charge in [0.05, 0.1) is 5.56 Å². The fraction of sp³-hybridized carbons (Fsp3) is 0.400. The van der Waals surface area contributed by atoms with Crippen LogP contribution in [-0.4, -0.2) is 21.6 Å². The van der Waals surface area contributed by atoms with Crippen molar-refractivity contribution in [2.75, 3.05) is 5.32 Å². The number of nitrogens with zero attached hydrogens (tertiary/aromatic N) is 1. The standard InChI is InChI=1S/C10H13ClN2O2/c1-10(2,3)13-8-5-6(9(14)15)4-7(11)12-8/h4-5H,1-3H3,(H,12,13)(H,14,15). The van der Waals surface area contributed by atoms with Crippen LogP contribution in [0.2, 0.25) is 5.15 Å². The highest BCUT2D eigenvalue weighted by Gasteiger charge is 2.13. The quantitative estimate of drug-likeness (QED) is 0.764. The van der Waals surface area contributed by atoms with Gasteiger partial charge in [0.2, 0.25) is 0 Å². The molecule has 15 heavy (non-hydrogen) atoms. The van der Waals surface area contributed by atoms with Crippen molar-refractivity contribution in [1.82, 2.24) is 4.98 Å². The minimum Gasteiger partial charge on any atom is -0.478 e. The smallest absolute Gasteiger partial charge is 0.335 e. The molecule has 1 heterocycles. The van der Waals surface area contributed by atoms with Crippen molar-refractivity contribution in [1.29, 1.82) is 0 Å². The molecule has 0 amide bonds. The number of anilines is 1. The fourth-order valence-electron chi connectivity index (χ4n) is 1.07. The predicted octanol–water partition coefficient (Wildman–Crippen LogP) is 2.64. The number of aromatic carboxylic acids is 1. The lowest BCUT2D eigenvalue weighted by Crippen LogP contribution is -2.26. The third-order valence-electron chi connectivity index (χ3n) is 1.54. The van der Waals surface area contributed by atoms with E-state index in [1.165, 1.54) is 12.1 Å². The molecule has 0 aliphatic carbocycles. The van der Waals surface area contributed by atoms with E-state index in [0.29, 0.717) is 5.82 Å². The number of aromatic nitrogens is 1. The number of hydrogen-bond donors (Lipinski definition) is 2. The molecular weight excluding hydrogens is 216 g/mol. The molecule has 5 heteroatoms. The highest BCUT2D eigenvalue weighted by Crippen LogP contribution is 2.17. The number of nitrogens with one attached hydrogen (secondary N) is 1. The molecule has 0 bridgehead atoms. The number of carbonyl (C=O) groups is 1. The molecule has 0 aliphatic rings. The number of hydrogen-bond acceptors (Lipinski definition) is 3. The Hall–Kier alpha value is -1.29. The van der Waals surface area contributed by atoms with E-state index in [9.17, 15) is 4.79 Å². The van der Waals surface area contributed by atoms with Crippen molar-refractivity contribution in [2.45, 2.75) is 26.3 Å². The molecule has 0 aromatic carbocycles. The summed E-state index contributed by atoms with van der Waals surface area (Å²) in [6.07, 6.45) is 0. The van der Waals surface area contributed by atoms with E-state index < -0.39 is 5.97 Å². The first-order chi connectivity index (χ1) is 6.78. The first kappa shape index (κ1) is 11.8. The zero-order chi connectivity index (χ0) is 11.6. The molecule has 0 radical (unpaired) electrons. The third-order valence-corrected chi connectivity index (χ3v) is 1.74. The van der Waals surface area contributed by atoms with Crippen molar-refractivity contribution in [3.8, 4) is 0 Å². The molecule has 1 aromatic rings. The molecule has 1 rings (SSSR count). The zero-order valence-electron chi connectivity index (χ0n) is 8.84. The molecular formula is C10H13ClN2O2. The molecule has 4 nitrogen and oxygen atoms in total. The first-order valence-corrected chi connectivity index (χ1v) is 4.85. The Labute approximate surface area is 93.3 Å². The predicted molar refractivity (Wildman–Crippen MR) is 59.6 cm³/mol. The largest absolute Gasteiger partial charge is 0.478 e. The van der Waals surface area contributed by atoms with E-state index in [1.54, 1.807) is 0 Å². The number of pyridine rings is 1. The van der Waals surface area contributed by atoms with E-state index in [0.717, 1.165) is 0 Å². The van der Waals surface area contributed by atoms with Crippen LogP contribution in [0.3, 0.4) is 0 Å². The number of halogens is 1. The van der Waals surface area contributed by atoms with Crippen LogP contribution in [0.1, 0.15) is 31.1 Å². The molecule has 1 aromatic heterocycles. The molecule has 0 saturated heterocycles. The van der Waals surface area contributed by atoms with Crippen LogP contribution in [0.25, 0.3) is 0 Å². The van der Waals surface area contributed by atoms with Crippen LogP contribution in [0, 0.1) is 0 Å². The number of carboxylic acids is 1. The lowest BCUT2D eigenvalue weighted by molar-refractivity contribution is 0.0697. The van der Waals surface area contributed by atoms with Crippen LogP contribution >= 0.6 is 11.6 Å². The van der Waals surface area contributed by atoms with Gasteiger partial charge in [0.1, 0.15) is 11.0 Å². The van der Waals surface area contributed by atoms with Gasteiger partial charge in [-0.2, -0.15) is 0 Å². The lowest BCUT2D eigenvalue weighted by Gasteiger charge is -2.21. The lowest BCUT2D eigenvalue weighted by atomic mass is 10.1. The molecule has 0 unspecified atom stereocenters. The monoisotopic (exact) mass is 228 g/mol. The van der Waals surface area contributed by atoms with Gasteiger partial charge < -0.3 is 10.4 Å². The highest BCUT2D eigenvalue weighted by molar-refractivity contribution is 6.29. The summed E-state index contributed by atoms with van der Waals surface area (Å²) < 4.78 is 0.